The van der Waals surface area contributed by atoms with Crippen molar-refractivity contribution in [3.05, 3.63) is 48.0 Å². The molecule has 1 spiro atoms. The number of hydrogen-bond acceptors (Lipinski definition) is 6. The Balaban J connectivity index is 1.61. The Hall–Kier alpha value is -2.32. The zero-order valence-corrected chi connectivity index (χ0v) is 18.4. The second-order valence-electron chi connectivity index (χ2n) is 7.66. The van der Waals surface area contributed by atoms with Crippen LogP contribution < -0.4 is 5.32 Å². The summed E-state index contributed by atoms with van der Waals surface area (Å²) >= 11 is 0. The lowest BCUT2D eigenvalue weighted by molar-refractivity contribution is -0.129. The SMILES string of the molecule is CCCN(CCCC1C(C)NC(=O)S12OC(=O)C=CC(=O)O2)CCc1ccccc1. The maximum atomic E-state index is 12.6. The fraction of sp³-hybridized carbons (Fsp3) is 0.500. The number of nitrogens with one attached hydrogen (secondary N) is 1. The van der Waals surface area contributed by atoms with Gasteiger partial charge in [-0.1, -0.05) is 37.3 Å². The molecule has 0 aliphatic carbocycles. The first-order chi connectivity index (χ1) is 14.4. The van der Waals surface area contributed by atoms with E-state index in [1.54, 1.807) is 0 Å². The van der Waals surface area contributed by atoms with Crippen LogP contribution in [0.5, 0.6) is 0 Å². The summed E-state index contributed by atoms with van der Waals surface area (Å²) in [7, 11) is -2.96. The topological polar surface area (TPSA) is 84.9 Å². The van der Waals surface area contributed by atoms with Crippen LogP contribution in [0.15, 0.2) is 42.5 Å². The molecule has 1 fully saturated rings. The van der Waals surface area contributed by atoms with Crippen LogP contribution >= 0.6 is 10.6 Å². The third-order valence-corrected chi connectivity index (χ3v) is 8.29. The highest BCUT2D eigenvalue weighted by Gasteiger charge is 2.53. The van der Waals surface area contributed by atoms with Gasteiger partial charge in [0.15, 0.2) is 0 Å². The largest absolute Gasteiger partial charge is 0.354 e. The van der Waals surface area contributed by atoms with Crippen molar-refractivity contribution >= 4 is 27.8 Å². The third kappa shape index (κ3) is 5.23. The van der Waals surface area contributed by atoms with E-state index >= 15 is 0 Å². The van der Waals surface area contributed by atoms with Gasteiger partial charge in [0.2, 0.25) is 0 Å². The predicted molar refractivity (Wildman–Crippen MR) is 117 cm³/mol. The van der Waals surface area contributed by atoms with E-state index in [2.05, 4.69) is 41.4 Å². The zero-order valence-electron chi connectivity index (χ0n) is 17.5. The molecule has 30 heavy (non-hydrogen) atoms. The average Bonchev–Trinajstić information content (AvgIpc) is 2.85. The first-order valence-electron chi connectivity index (χ1n) is 10.5. The fourth-order valence-corrected chi connectivity index (χ4v) is 6.66. The van der Waals surface area contributed by atoms with E-state index in [0.717, 1.165) is 51.0 Å². The van der Waals surface area contributed by atoms with Gasteiger partial charge < -0.3 is 18.6 Å². The quantitative estimate of drug-likeness (QED) is 0.640. The summed E-state index contributed by atoms with van der Waals surface area (Å²) in [6.45, 7) is 6.85. The highest BCUT2D eigenvalue weighted by atomic mass is 32.3. The monoisotopic (exact) mass is 434 g/mol. The van der Waals surface area contributed by atoms with Crippen molar-refractivity contribution in [3.63, 3.8) is 0 Å². The summed E-state index contributed by atoms with van der Waals surface area (Å²) in [6, 6.07) is 10.2. The smallest absolute Gasteiger partial charge is 0.333 e. The Morgan fingerprint density at radius 1 is 1.00 bits per heavy atom. The molecule has 2 atom stereocenters. The molecule has 1 saturated heterocycles. The summed E-state index contributed by atoms with van der Waals surface area (Å²) in [5, 5.41) is 1.97. The van der Waals surface area contributed by atoms with Gasteiger partial charge in [-0.25, -0.2) is 14.4 Å². The Labute approximate surface area is 179 Å². The number of carbonyl (C=O) groups excluding carboxylic acids is 3. The van der Waals surface area contributed by atoms with E-state index in [0.29, 0.717) is 6.42 Å². The van der Waals surface area contributed by atoms with Crippen molar-refractivity contribution in [3.8, 4) is 0 Å². The molecule has 0 aromatic heterocycles. The van der Waals surface area contributed by atoms with Crippen LogP contribution in [0.25, 0.3) is 0 Å². The molecule has 1 amide bonds. The van der Waals surface area contributed by atoms with Gasteiger partial charge in [-0.15, -0.1) is 0 Å². The van der Waals surface area contributed by atoms with E-state index in [9.17, 15) is 14.4 Å². The summed E-state index contributed by atoms with van der Waals surface area (Å²) in [5.74, 6) is -1.42. The fourth-order valence-electron chi connectivity index (χ4n) is 3.92. The minimum absolute atomic E-state index is 0.227. The van der Waals surface area contributed by atoms with Crippen molar-refractivity contribution < 1.29 is 22.7 Å². The van der Waals surface area contributed by atoms with Crippen LogP contribution in [0.4, 0.5) is 4.79 Å². The lowest BCUT2D eigenvalue weighted by Gasteiger charge is -2.38. The summed E-state index contributed by atoms with van der Waals surface area (Å²) < 4.78 is 10.8. The van der Waals surface area contributed by atoms with Gasteiger partial charge >= 0.3 is 17.2 Å². The Morgan fingerprint density at radius 2 is 1.67 bits per heavy atom. The van der Waals surface area contributed by atoms with E-state index in [-0.39, 0.29) is 11.3 Å². The first kappa shape index (κ1) is 22.4. The van der Waals surface area contributed by atoms with Crippen molar-refractivity contribution in [2.75, 3.05) is 19.6 Å². The van der Waals surface area contributed by atoms with Crippen LogP contribution in [0.3, 0.4) is 0 Å². The van der Waals surface area contributed by atoms with Crippen molar-refractivity contribution in [1.82, 2.24) is 10.2 Å². The molecule has 2 heterocycles. The van der Waals surface area contributed by atoms with Crippen LogP contribution in [-0.2, 0) is 24.4 Å². The molecule has 1 aromatic carbocycles. The molecule has 1 N–H and O–H groups in total. The molecule has 0 bridgehead atoms. The van der Waals surface area contributed by atoms with Crippen LogP contribution in [0.2, 0.25) is 0 Å². The molecule has 8 heteroatoms. The van der Waals surface area contributed by atoms with Crippen molar-refractivity contribution in [2.45, 2.75) is 50.8 Å². The van der Waals surface area contributed by atoms with Crippen molar-refractivity contribution in [1.29, 1.82) is 0 Å². The first-order valence-corrected chi connectivity index (χ1v) is 12.0. The van der Waals surface area contributed by atoms with Gasteiger partial charge in [-0.3, -0.25) is 0 Å². The number of carbonyl (C=O) groups is 3. The van der Waals surface area contributed by atoms with Gasteiger partial charge in [0, 0.05) is 18.7 Å². The molecule has 2 aliphatic heterocycles. The Bertz CT molecular complexity index is 778. The van der Waals surface area contributed by atoms with E-state index in [1.165, 1.54) is 5.56 Å². The van der Waals surface area contributed by atoms with Crippen LogP contribution in [-0.4, -0.2) is 53.0 Å². The Morgan fingerprint density at radius 3 is 2.30 bits per heavy atom. The van der Waals surface area contributed by atoms with Gasteiger partial charge in [0.05, 0.1) is 11.3 Å². The molecule has 2 unspecified atom stereocenters. The number of benzene rings is 1. The molecule has 1 aromatic rings. The van der Waals surface area contributed by atoms with E-state index in [4.69, 9.17) is 8.37 Å². The van der Waals surface area contributed by atoms with E-state index < -0.39 is 27.8 Å². The van der Waals surface area contributed by atoms with Gasteiger partial charge in [-0.05, 0) is 61.8 Å². The Kier molecular flexibility index (Phi) is 7.55. The number of amides is 1. The summed E-state index contributed by atoms with van der Waals surface area (Å²) in [4.78, 5) is 39.0. The normalized spacial score (nSPS) is 23.8. The van der Waals surface area contributed by atoms with Gasteiger partial charge in [0.25, 0.3) is 0 Å². The van der Waals surface area contributed by atoms with Crippen molar-refractivity contribution in [2.24, 2.45) is 0 Å². The predicted octanol–water partition coefficient (Wildman–Crippen LogP) is 3.49. The number of hydrogen-bond donors (Lipinski definition) is 1. The molecule has 7 nitrogen and oxygen atoms in total. The minimum atomic E-state index is -2.96. The molecule has 164 valence electrons. The van der Waals surface area contributed by atoms with E-state index in [1.807, 2.05) is 13.0 Å². The third-order valence-electron chi connectivity index (χ3n) is 5.39. The lowest BCUT2D eigenvalue weighted by Crippen LogP contribution is -2.32. The highest BCUT2D eigenvalue weighted by Crippen LogP contribution is 2.62. The zero-order chi connectivity index (χ0) is 21.6. The maximum Gasteiger partial charge on any atom is 0.354 e. The molecule has 2 aliphatic rings. The number of nitrogens with zero attached hydrogens (tertiary/aromatic N) is 1. The minimum Gasteiger partial charge on any atom is -0.333 e. The lowest BCUT2D eigenvalue weighted by atomic mass is 10.1. The number of rotatable bonds is 9. The molecular weight excluding hydrogens is 404 g/mol. The second kappa shape index (κ2) is 10.1. The van der Waals surface area contributed by atoms with Gasteiger partial charge in [0.1, 0.15) is 0 Å². The maximum absolute atomic E-state index is 12.6. The standard InChI is InChI=1S/C22H30N2O5S/c1-3-14-24(16-13-18-8-5-4-6-9-18)15-7-10-19-17(2)23-22(27)30(19)28-20(25)11-12-21(26)29-30/h4-6,8-9,11-12,17,19H,3,7,10,13-16H2,1-2H3,(H,23,27). The molecule has 0 saturated carbocycles. The molecular formula is C22H30N2O5S. The average molecular weight is 435 g/mol. The highest BCUT2D eigenvalue weighted by molar-refractivity contribution is 8.39. The van der Waals surface area contributed by atoms with Crippen LogP contribution in [0, 0.1) is 0 Å². The van der Waals surface area contributed by atoms with Crippen LogP contribution in [0.1, 0.15) is 38.7 Å². The summed E-state index contributed by atoms with van der Waals surface area (Å²) in [5.41, 5.74) is 1.31. The molecule has 3 rings (SSSR count). The van der Waals surface area contributed by atoms with Gasteiger partial charge in [-0.2, -0.15) is 0 Å². The molecule has 0 radical (unpaired) electrons. The second-order valence-corrected chi connectivity index (χ2v) is 10.1. The summed E-state index contributed by atoms with van der Waals surface area (Å²) in [6.07, 6.45) is 5.52.